The number of carbonyl (C=O) groups excluding carboxylic acids is 2. The molecule has 1 fully saturated rings. The Hall–Kier alpha value is -2.97. The topological polar surface area (TPSA) is 139 Å². The van der Waals surface area contributed by atoms with Crippen molar-refractivity contribution in [2.45, 2.75) is 44.1 Å². The number of rotatable bonds is 8. The average Bonchev–Trinajstić information content (AvgIpc) is 3.01. The maximum absolute atomic E-state index is 12.1. The summed E-state index contributed by atoms with van der Waals surface area (Å²) in [7, 11) is 0. The van der Waals surface area contributed by atoms with Crippen molar-refractivity contribution in [3.63, 3.8) is 0 Å². The van der Waals surface area contributed by atoms with E-state index in [0.29, 0.717) is 12.8 Å². The second kappa shape index (κ2) is 8.41. The van der Waals surface area contributed by atoms with Crippen LogP contribution in [0.2, 0.25) is 0 Å². The zero-order valence-corrected chi connectivity index (χ0v) is 14.2. The highest BCUT2D eigenvalue weighted by atomic mass is 16.6. The van der Waals surface area contributed by atoms with Gasteiger partial charge >= 0.3 is 5.97 Å². The monoisotopic (exact) mass is 363 g/mol. The van der Waals surface area contributed by atoms with Crippen molar-refractivity contribution in [3.05, 3.63) is 39.9 Å². The van der Waals surface area contributed by atoms with Gasteiger partial charge in [-0.25, -0.2) is 0 Å². The summed E-state index contributed by atoms with van der Waals surface area (Å²) in [6.07, 6.45) is 2.96. The molecule has 2 amide bonds. The van der Waals surface area contributed by atoms with E-state index in [1.54, 1.807) is 0 Å². The van der Waals surface area contributed by atoms with Crippen molar-refractivity contribution in [1.82, 2.24) is 10.6 Å². The molecule has 9 nitrogen and oxygen atoms in total. The molecule has 0 aliphatic heterocycles. The molecule has 26 heavy (non-hydrogen) atoms. The highest BCUT2D eigenvalue weighted by Crippen LogP contribution is 2.32. The van der Waals surface area contributed by atoms with Gasteiger partial charge in [-0.3, -0.25) is 24.5 Å². The summed E-state index contributed by atoms with van der Waals surface area (Å²) in [6.45, 7) is 0.0881. The lowest BCUT2D eigenvalue weighted by molar-refractivity contribution is -0.384. The molecule has 2 rings (SSSR count). The Morgan fingerprint density at radius 2 is 1.77 bits per heavy atom. The molecule has 9 heteroatoms. The SMILES string of the molecule is O=C(O)CC1(NC(=O)CCNC(=O)c2ccc([N+](=O)[O-])cc2)CCCC1. The third-order valence-corrected chi connectivity index (χ3v) is 4.43. The smallest absolute Gasteiger partial charge is 0.305 e. The molecule has 0 unspecified atom stereocenters. The summed E-state index contributed by atoms with van der Waals surface area (Å²) >= 11 is 0. The van der Waals surface area contributed by atoms with E-state index in [-0.39, 0.29) is 36.5 Å². The number of benzene rings is 1. The number of nitro benzene ring substituents is 1. The number of hydrogen-bond acceptors (Lipinski definition) is 5. The van der Waals surface area contributed by atoms with Crippen LogP contribution in [-0.2, 0) is 9.59 Å². The number of carboxylic acid groups (broad SMARTS) is 1. The lowest BCUT2D eigenvalue weighted by Crippen LogP contribution is -2.48. The van der Waals surface area contributed by atoms with Gasteiger partial charge in [-0.15, -0.1) is 0 Å². The fraction of sp³-hybridized carbons (Fsp3) is 0.471. The molecule has 0 radical (unpaired) electrons. The lowest BCUT2D eigenvalue weighted by atomic mass is 9.93. The molecule has 0 aromatic heterocycles. The third-order valence-electron chi connectivity index (χ3n) is 4.43. The van der Waals surface area contributed by atoms with Gasteiger partial charge in [0, 0.05) is 30.7 Å². The predicted molar refractivity (Wildman–Crippen MR) is 91.6 cm³/mol. The Balaban J connectivity index is 1.81. The van der Waals surface area contributed by atoms with Gasteiger partial charge in [-0.1, -0.05) is 12.8 Å². The molecule has 140 valence electrons. The van der Waals surface area contributed by atoms with Gasteiger partial charge in [0.05, 0.1) is 16.9 Å². The van der Waals surface area contributed by atoms with E-state index in [9.17, 15) is 24.5 Å². The molecule has 1 saturated carbocycles. The van der Waals surface area contributed by atoms with Crippen molar-refractivity contribution >= 4 is 23.5 Å². The van der Waals surface area contributed by atoms with E-state index in [2.05, 4.69) is 10.6 Å². The second-order valence-corrected chi connectivity index (χ2v) is 6.42. The van der Waals surface area contributed by atoms with Crippen molar-refractivity contribution in [2.75, 3.05) is 6.54 Å². The Bertz CT molecular complexity index is 695. The number of carbonyl (C=O) groups is 3. The van der Waals surface area contributed by atoms with Crippen molar-refractivity contribution in [2.24, 2.45) is 0 Å². The van der Waals surface area contributed by atoms with Gasteiger partial charge in [-0.2, -0.15) is 0 Å². The number of nitrogens with zero attached hydrogens (tertiary/aromatic N) is 1. The number of nitrogens with one attached hydrogen (secondary N) is 2. The van der Waals surface area contributed by atoms with Crippen LogP contribution in [-0.4, -0.2) is 39.9 Å². The van der Waals surface area contributed by atoms with Gasteiger partial charge in [0.25, 0.3) is 11.6 Å². The Labute approximate surface area is 149 Å². The Kier molecular flexibility index (Phi) is 6.26. The number of carboxylic acids is 1. The van der Waals surface area contributed by atoms with Crippen LogP contribution in [0.1, 0.15) is 48.9 Å². The quantitative estimate of drug-likeness (QED) is 0.474. The fourth-order valence-corrected chi connectivity index (χ4v) is 3.17. The van der Waals surface area contributed by atoms with Crippen LogP contribution in [0.15, 0.2) is 24.3 Å². The first-order valence-electron chi connectivity index (χ1n) is 8.37. The molecule has 3 N–H and O–H groups in total. The van der Waals surface area contributed by atoms with E-state index < -0.39 is 22.3 Å². The Morgan fingerprint density at radius 1 is 1.15 bits per heavy atom. The van der Waals surface area contributed by atoms with Gasteiger partial charge in [0.2, 0.25) is 5.91 Å². The predicted octanol–water partition coefficient (Wildman–Crippen LogP) is 1.62. The zero-order valence-electron chi connectivity index (χ0n) is 14.2. The first-order valence-corrected chi connectivity index (χ1v) is 8.37. The van der Waals surface area contributed by atoms with E-state index in [0.717, 1.165) is 12.8 Å². The first-order chi connectivity index (χ1) is 12.3. The van der Waals surface area contributed by atoms with E-state index >= 15 is 0 Å². The molecule has 0 heterocycles. The zero-order chi connectivity index (χ0) is 19.2. The third kappa shape index (κ3) is 5.27. The van der Waals surface area contributed by atoms with Gasteiger partial charge in [-0.05, 0) is 25.0 Å². The number of nitro groups is 1. The van der Waals surface area contributed by atoms with Crippen LogP contribution < -0.4 is 10.6 Å². The minimum Gasteiger partial charge on any atom is -0.481 e. The molecule has 0 atom stereocenters. The normalized spacial score (nSPS) is 15.2. The molecule has 1 aromatic carbocycles. The summed E-state index contributed by atoms with van der Waals surface area (Å²) in [5, 5.41) is 25.0. The summed E-state index contributed by atoms with van der Waals surface area (Å²) in [6, 6.07) is 5.15. The number of aliphatic carboxylic acids is 1. The molecule has 0 bridgehead atoms. The van der Waals surface area contributed by atoms with E-state index in [1.807, 2.05) is 0 Å². The summed E-state index contributed by atoms with van der Waals surface area (Å²) in [5.41, 5.74) is -0.541. The van der Waals surface area contributed by atoms with E-state index in [1.165, 1.54) is 24.3 Å². The maximum Gasteiger partial charge on any atom is 0.305 e. The molecule has 1 aliphatic rings. The molecule has 0 spiro atoms. The van der Waals surface area contributed by atoms with Gasteiger partial charge in [0.15, 0.2) is 0 Å². The van der Waals surface area contributed by atoms with Gasteiger partial charge in [0.1, 0.15) is 0 Å². The molecular formula is C17H21N3O6. The highest BCUT2D eigenvalue weighted by Gasteiger charge is 2.37. The maximum atomic E-state index is 12.1. The largest absolute Gasteiger partial charge is 0.481 e. The van der Waals surface area contributed by atoms with Crippen LogP contribution in [0.4, 0.5) is 5.69 Å². The second-order valence-electron chi connectivity index (χ2n) is 6.42. The van der Waals surface area contributed by atoms with Crippen molar-refractivity contribution in [1.29, 1.82) is 0 Å². The summed E-state index contributed by atoms with van der Waals surface area (Å²) < 4.78 is 0. The Morgan fingerprint density at radius 3 is 2.31 bits per heavy atom. The molecular weight excluding hydrogens is 342 g/mol. The average molecular weight is 363 g/mol. The molecule has 1 aromatic rings. The van der Waals surface area contributed by atoms with Crippen LogP contribution >= 0.6 is 0 Å². The minimum atomic E-state index is -0.946. The number of amides is 2. The van der Waals surface area contributed by atoms with Crippen LogP contribution in [0.3, 0.4) is 0 Å². The van der Waals surface area contributed by atoms with Crippen LogP contribution in [0.5, 0.6) is 0 Å². The summed E-state index contributed by atoms with van der Waals surface area (Å²) in [5.74, 6) is -1.69. The fourth-order valence-electron chi connectivity index (χ4n) is 3.17. The van der Waals surface area contributed by atoms with Crippen molar-refractivity contribution in [3.8, 4) is 0 Å². The highest BCUT2D eigenvalue weighted by molar-refractivity contribution is 5.94. The summed E-state index contributed by atoms with van der Waals surface area (Å²) in [4.78, 5) is 45.1. The van der Waals surface area contributed by atoms with Gasteiger partial charge < -0.3 is 15.7 Å². The number of hydrogen-bond donors (Lipinski definition) is 3. The lowest BCUT2D eigenvalue weighted by Gasteiger charge is -2.28. The standard InChI is InChI=1S/C17H21N3O6/c21-14(19-17(11-15(22)23)8-1-2-9-17)7-10-18-16(24)12-3-5-13(6-4-12)20(25)26/h3-6H,1-2,7-11H2,(H,18,24)(H,19,21)(H,22,23). The van der Waals surface area contributed by atoms with Crippen LogP contribution in [0.25, 0.3) is 0 Å². The number of non-ortho nitro benzene ring substituents is 1. The first kappa shape index (κ1) is 19.4. The van der Waals surface area contributed by atoms with Crippen molar-refractivity contribution < 1.29 is 24.4 Å². The van der Waals surface area contributed by atoms with Crippen LogP contribution in [0, 0.1) is 10.1 Å². The molecule has 0 saturated heterocycles. The molecule has 1 aliphatic carbocycles. The minimum absolute atomic E-state index is 0.0279. The van der Waals surface area contributed by atoms with E-state index in [4.69, 9.17) is 5.11 Å².